The molecule has 9 heteroatoms. The summed E-state index contributed by atoms with van der Waals surface area (Å²) in [5.41, 5.74) is -0.539. The molecule has 0 saturated heterocycles. The zero-order valence-electron chi connectivity index (χ0n) is 13.9. The third kappa shape index (κ3) is 3.93. The lowest BCUT2D eigenvalue weighted by atomic mass is 10.0. The number of pyridine rings is 1. The maximum absolute atomic E-state index is 12.0. The fourth-order valence-corrected chi connectivity index (χ4v) is 2.54. The third-order valence-corrected chi connectivity index (χ3v) is 3.79. The van der Waals surface area contributed by atoms with Crippen LogP contribution in [0, 0.1) is 10.1 Å². The summed E-state index contributed by atoms with van der Waals surface area (Å²) in [6.45, 7) is -0.548. The number of aromatic nitrogens is 1. The van der Waals surface area contributed by atoms with Crippen LogP contribution < -0.4 is 10.7 Å². The van der Waals surface area contributed by atoms with Crippen LogP contribution in [0.4, 0.5) is 11.5 Å². The monoisotopic (exact) mass is 369 g/mol. The molecule has 0 saturated carbocycles. The molecule has 9 nitrogen and oxygen atoms in total. The van der Waals surface area contributed by atoms with Gasteiger partial charge < -0.3 is 19.9 Å². The molecule has 3 rings (SSSR count). The van der Waals surface area contributed by atoms with Crippen molar-refractivity contribution in [2.24, 2.45) is 0 Å². The third-order valence-electron chi connectivity index (χ3n) is 3.79. The van der Waals surface area contributed by atoms with Gasteiger partial charge in [0.1, 0.15) is 24.2 Å². The first-order chi connectivity index (χ1) is 13.0. The first kappa shape index (κ1) is 18.1. The summed E-state index contributed by atoms with van der Waals surface area (Å²) < 4.78 is 5.47. The molecule has 0 aliphatic carbocycles. The van der Waals surface area contributed by atoms with Crippen molar-refractivity contribution in [3.63, 3.8) is 0 Å². The van der Waals surface area contributed by atoms with Crippen molar-refractivity contribution in [2.75, 3.05) is 5.32 Å². The average molecular weight is 369 g/mol. The molecule has 3 aromatic rings. The molecule has 2 heterocycles. The van der Waals surface area contributed by atoms with Crippen molar-refractivity contribution < 1.29 is 19.6 Å². The fourth-order valence-electron chi connectivity index (χ4n) is 2.54. The van der Waals surface area contributed by atoms with E-state index in [-0.39, 0.29) is 17.2 Å². The molecule has 0 spiro atoms. The highest BCUT2D eigenvalue weighted by Crippen LogP contribution is 2.32. The molecule has 0 unspecified atom stereocenters. The van der Waals surface area contributed by atoms with Crippen LogP contribution >= 0.6 is 0 Å². The zero-order valence-corrected chi connectivity index (χ0v) is 13.9. The number of aliphatic hydroxyl groups excluding tert-OH is 1. The number of nitrogens with zero attached hydrogens (tertiary/aromatic N) is 2. The quantitative estimate of drug-likeness (QED) is 0.444. The minimum atomic E-state index is -0.959. The molecule has 1 aromatic carbocycles. The van der Waals surface area contributed by atoms with Crippen LogP contribution in [0.15, 0.2) is 63.9 Å². The number of aromatic hydroxyl groups is 1. The summed E-state index contributed by atoms with van der Waals surface area (Å²) in [6, 6.07) is 10.8. The van der Waals surface area contributed by atoms with E-state index >= 15 is 0 Å². The van der Waals surface area contributed by atoms with Crippen LogP contribution in [0.1, 0.15) is 23.1 Å². The first-order valence-corrected chi connectivity index (χ1v) is 7.88. The highest BCUT2D eigenvalue weighted by atomic mass is 16.6. The maximum atomic E-state index is 12.0. The summed E-state index contributed by atoms with van der Waals surface area (Å²) in [5, 5.41) is 33.6. The van der Waals surface area contributed by atoms with E-state index in [9.17, 15) is 25.1 Å². The van der Waals surface area contributed by atoms with Crippen molar-refractivity contribution in [1.82, 2.24) is 4.98 Å². The van der Waals surface area contributed by atoms with Gasteiger partial charge in [-0.1, -0.05) is 18.2 Å². The Morgan fingerprint density at radius 1 is 1.22 bits per heavy atom. The Morgan fingerprint density at radius 3 is 2.70 bits per heavy atom. The van der Waals surface area contributed by atoms with Crippen LogP contribution in [-0.2, 0) is 6.61 Å². The van der Waals surface area contributed by atoms with Crippen LogP contribution in [0.5, 0.6) is 5.75 Å². The number of rotatable bonds is 6. The van der Waals surface area contributed by atoms with E-state index < -0.39 is 28.8 Å². The smallest absolute Gasteiger partial charge is 0.269 e. The minimum Gasteiger partial charge on any atom is -0.502 e. The van der Waals surface area contributed by atoms with Gasteiger partial charge >= 0.3 is 0 Å². The number of non-ortho nitro benzene ring substituents is 1. The van der Waals surface area contributed by atoms with Gasteiger partial charge in [0.15, 0.2) is 5.76 Å². The van der Waals surface area contributed by atoms with E-state index in [1.807, 2.05) is 0 Å². The fraction of sp³-hybridized carbons (Fsp3) is 0.111. The largest absolute Gasteiger partial charge is 0.502 e. The zero-order chi connectivity index (χ0) is 19.4. The number of nitrogens with one attached hydrogen (secondary N) is 1. The first-order valence-electron chi connectivity index (χ1n) is 7.88. The Labute approximate surface area is 152 Å². The molecule has 0 bridgehead atoms. The molecule has 1 atom stereocenters. The van der Waals surface area contributed by atoms with Gasteiger partial charge in [0.2, 0.25) is 11.2 Å². The van der Waals surface area contributed by atoms with E-state index in [1.54, 1.807) is 24.3 Å². The molecule has 0 aliphatic rings. The van der Waals surface area contributed by atoms with Gasteiger partial charge in [-0.25, -0.2) is 4.98 Å². The summed E-state index contributed by atoms with van der Waals surface area (Å²) >= 11 is 0. The Bertz CT molecular complexity index is 1020. The number of anilines is 1. The van der Waals surface area contributed by atoms with Crippen LogP contribution in [-0.4, -0.2) is 20.1 Å². The molecule has 3 N–H and O–H groups in total. The normalized spacial score (nSPS) is 11.7. The highest BCUT2D eigenvalue weighted by Gasteiger charge is 2.25. The predicted octanol–water partition coefficient (Wildman–Crippen LogP) is 2.34. The molecule has 2 aromatic heterocycles. The predicted molar refractivity (Wildman–Crippen MR) is 95.4 cm³/mol. The minimum absolute atomic E-state index is 0.0500. The number of nitro benzene ring substituents is 1. The molecule has 0 aliphatic heterocycles. The molecule has 27 heavy (non-hydrogen) atoms. The molecule has 0 radical (unpaired) electrons. The van der Waals surface area contributed by atoms with Crippen molar-refractivity contribution in [3.05, 3.63) is 92.1 Å². The number of aliphatic hydroxyl groups is 1. The number of hydrogen-bond donors (Lipinski definition) is 3. The van der Waals surface area contributed by atoms with Crippen molar-refractivity contribution in [3.8, 4) is 5.75 Å². The van der Waals surface area contributed by atoms with Gasteiger partial charge in [-0.05, 0) is 17.7 Å². The summed E-state index contributed by atoms with van der Waals surface area (Å²) in [5.74, 6) is -0.499. The Hall–Kier alpha value is -3.72. The molecule has 138 valence electrons. The SMILES string of the molecule is O=c1cc(CO)oc([C@H](Nc2ccccn2)c2cccc([N+](=O)[O-])c2)c1O. The Kier molecular flexibility index (Phi) is 5.13. The van der Waals surface area contributed by atoms with Crippen molar-refractivity contribution in [1.29, 1.82) is 0 Å². The van der Waals surface area contributed by atoms with Gasteiger partial charge in [-0.2, -0.15) is 0 Å². The second kappa shape index (κ2) is 7.67. The van der Waals surface area contributed by atoms with E-state index in [0.717, 1.165) is 6.07 Å². The van der Waals surface area contributed by atoms with Crippen LogP contribution in [0.25, 0.3) is 0 Å². The van der Waals surface area contributed by atoms with Gasteiger partial charge in [-0.3, -0.25) is 14.9 Å². The Morgan fingerprint density at radius 2 is 2.04 bits per heavy atom. The van der Waals surface area contributed by atoms with Crippen LogP contribution in [0.2, 0.25) is 0 Å². The lowest BCUT2D eigenvalue weighted by Gasteiger charge is -2.20. The summed E-state index contributed by atoms with van der Waals surface area (Å²) in [6.07, 6.45) is 1.53. The van der Waals surface area contributed by atoms with Crippen LogP contribution in [0.3, 0.4) is 0 Å². The number of hydrogen-bond acceptors (Lipinski definition) is 8. The molecular weight excluding hydrogens is 354 g/mol. The van der Waals surface area contributed by atoms with Crippen molar-refractivity contribution in [2.45, 2.75) is 12.6 Å². The topological polar surface area (TPSA) is 139 Å². The second-order valence-electron chi connectivity index (χ2n) is 5.59. The van der Waals surface area contributed by atoms with Gasteiger partial charge in [0.05, 0.1) is 4.92 Å². The van der Waals surface area contributed by atoms with Gasteiger partial charge in [0, 0.05) is 24.4 Å². The summed E-state index contributed by atoms with van der Waals surface area (Å²) in [4.78, 5) is 26.7. The molecule has 0 fully saturated rings. The van der Waals surface area contributed by atoms with E-state index in [0.29, 0.717) is 11.4 Å². The van der Waals surface area contributed by atoms with Gasteiger partial charge in [0.25, 0.3) is 5.69 Å². The number of benzene rings is 1. The molecular formula is C18H15N3O6. The lowest BCUT2D eigenvalue weighted by molar-refractivity contribution is -0.384. The van der Waals surface area contributed by atoms with E-state index in [2.05, 4.69) is 10.3 Å². The van der Waals surface area contributed by atoms with E-state index in [1.165, 1.54) is 24.4 Å². The Balaban J connectivity index is 2.16. The highest BCUT2D eigenvalue weighted by molar-refractivity contribution is 5.47. The second-order valence-corrected chi connectivity index (χ2v) is 5.59. The summed E-state index contributed by atoms with van der Waals surface area (Å²) in [7, 11) is 0. The maximum Gasteiger partial charge on any atom is 0.269 e. The van der Waals surface area contributed by atoms with Crippen molar-refractivity contribution >= 4 is 11.5 Å². The average Bonchev–Trinajstić information content (AvgIpc) is 2.69. The van der Waals surface area contributed by atoms with Gasteiger partial charge in [-0.15, -0.1) is 0 Å². The molecule has 0 amide bonds. The standard InChI is InChI=1S/C18H15N3O6/c22-10-13-9-14(23)17(24)18(27-13)16(20-15-6-1-2-7-19-15)11-4-3-5-12(8-11)21(25)26/h1-9,16,22,24H,10H2,(H,19,20)/t16-/m1/s1. The van der Waals surface area contributed by atoms with E-state index in [4.69, 9.17) is 4.42 Å². The lowest BCUT2D eigenvalue weighted by Crippen LogP contribution is -2.17. The number of nitro groups is 1.